The number of piperidine rings is 1. The van der Waals surface area contributed by atoms with Crippen LogP contribution in [0.5, 0.6) is 0 Å². The van der Waals surface area contributed by atoms with Crippen LogP contribution >= 0.6 is 0 Å². The van der Waals surface area contributed by atoms with Gasteiger partial charge in [-0.25, -0.2) is 0 Å². The Hall–Kier alpha value is -1.85. The molecule has 2 fully saturated rings. The lowest BCUT2D eigenvalue weighted by Crippen LogP contribution is -2.36. The smallest absolute Gasteiger partial charge is 0.256 e. The summed E-state index contributed by atoms with van der Waals surface area (Å²) in [6.45, 7) is 6.81. The highest BCUT2D eigenvalue weighted by molar-refractivity contribution is 6.07. The Morgan fingerprint density at radius 2 is 1.96 bits per heavy atom. The molecule has 5 heteroatoms. The first-order valence-corrected chi connectivity index (χ1v) is 10.3. The molecule has 146 valence electrons. The molecule has 5 nitrogen and oxygen atoms in total. The number of aromatic nitrogens is 1. The third kappa shape index (κ3) is 4.04. The number of benzene rings is 1. The maximum absolute atomic E-state index is 13.3. The van der Waals surface area contributed by atoms with Gasteiger partial charge < -0.3 is 19.1 Å². The number of carbonyl (C=O) groups is 1. The Bertz CT molecular complexity index is 779. The highest BCUT2D eigenvalue weighted by atomic mass is 16.5. The van der Waals surface area contributed by atoms with Crippen LogP contribution < -0.4 is 0 Å². The van der Waals surface area contributed by atoms with Crippen molar-refractivity contribution in [1.29, 1.82) is 0 Å². The van der Waals surface area contributed by atoms with E-state index < -0.39 is 0 Å². The van der Waals surface area contributed by atoms with Crippen molar-refractivity contribution in [2.45, 2.75) is 32.2 Å². The highest BCUT2D eigenvalue weighted by Gasteiger charge is 2.30. The number of fused-ring (bicyclic) bond motifs is 1. The largest absolute Gasteiger partial charge is 0.383 e. The summed E-state index contributed by atoms with van der Waals surface area (Å²) in [4.78, 5) is 17.9. The van der Waals surface area contributed by atoms with E-state index in [-0.39, 0.29) is 5.91 Å². The molecular weight excluding hydrogens is 338 g/mol. The van der Waals surface area contributed by atoms with E-state index in [0.717, 1.165) is 49.1 Å². The molecule has 4 rings (SSSR count). The minimum atomic E-state index is 0.184. The van der Waals surface area contributed by atoms with E-state index in [1.54, 1.807) is 7.11 Å². The molecule has 0 unspecified atom stereocenters. The van der Waals surface area contributed by atoms with E-state index in [0.29, 0.717) is 12.5 Å². The van der Waals surface area contributed by atoms with E-state index in [2.05, 4.69) is 26.5 Å². The maximum atomic E-state index is 13.3. The molecule has 0 aliphatic carbocycles. The van der Waals surface area contributed by atoms with Gasteiger partial charge >= 0.3 is 0 Å². The Morgan fingerprint density at radius 1 is 1.15 bits per heavy atom. The average molecular weight is 370 g/mol. The molecule has 1 aromatic carbocycles. The summed E-state index contributed by atoms with van der Waals surface area (Å²) in [5.41, 5.74) is 1.95. The molecule has 0 bridgehead atoms. The number of likely N-dealkylation sites (tertiary alicyclic amines) is 2. The fourth-order valence-electron chi connectivity index (χ4n) is 4.64. The van der Waals surface area contributed by atoms with Crippen molar-refractivity contribution < 1.29 is 9.53 Å². The lowest BCUT2D eigenvalue weighted by molar-refractivity contribution is 0.0784. The molecule has 27 heavy (non-hydrogen) atoms. The molecule has 1 atom stereocenters. The quantitative estimate of drug-likeness (QED) is 0.785. The Morgan fingerprint density at radius 3 is 2.78 bits per heavy atom. The van der Waals surface area contributed by atoms with Crippen molar-refractivity contribution in [3.8, 4) is 0 Å². The predicted octanol–water partition coefficient (Wildman–Crippen LogP) is 3.24. The zero-order valence-electron chi connectivity index (χ0n) is 16.4. The fourth-order valence-corrected chi connectivity index (χ4v) is 4.64. The van der Waals surface area contributed by atoms with Crippen LogP contribution in [0, 0.1) is 5.92 Å². The van der Waals surface area contributed by atoms with Gasteiger partial charge in [-0.1, -0.05) is 24.6 Å². The number of carbonyl (C=O) groups excluding carboxylic acids is 1. The Kier molecular flexibility index (Phi) is 5.79. The topological polar surface area (TPSA) is 37.7 Å². The second kappa shape index (κ2) is 8.44. The fraction of sp³-hybridized carbons (Fsp3) is 0.591. The summed E-state index contributed by atoms with van der Waals surface area (Å²) in [7, 11) is 1.71. The van der Waals surface area contributed by atoms with Gasteiger partial charge in [0.2, 0.25) is 0 Å². The second-order valence-electron chi connectivity index (χ2n) is 8.01. The van der Waals surface area contributed by atoms with Crippen LogP contribution in [0.2, 0.25) is 0 Å². The van der Waals surface area contributed by atoms with Crippen LogP contribution in [0.15, 0.2) is 30.5 Å². The zero-order chi connectivity index (χ0) is 18.6. The maximum Gasteiger partial charge on any atom is 0.256 e. The number of methoxy groups -OCH3 is 1. The van der Waals surface area contributed by atoms with Crippen molar-refractivity contribution in [2.24, 2.45) is 5.92 Å². The number of ether oxygens (including phenoxy) is 1. The molecule has 3 heterocycles. The molecule has 0 spiro atoms. The normalized spacial score (nSPS) is 21.2. The zero-order valence-corrected chi connectivity index (χ0v) is 16.4. The molecule has 0 radical (unpaired) electrons. The van der Waals surface area contributed by atoms with Gasteiger partial charge in [-0.2, -0.15) is 0 Å². The van der Waals surface area contributed by atoms with Crippen molar-refractivity contribution in [2.75, 3.05) is 46.4 Å². The molecule has 2 saturated heterocycles. The number of amides is 1. The van der Waals surface area contributed by atoms with Crippen LogP contribution in [0.4, 0.5) is 0 Å². The lowest BCUT2D eigenvalue weighted by Gasteiger charge is -2.29. The van der Waals surface area contributed by atoms with Crippen molar-refractivity contribution in [1.82, 2.24) is 14.4 Å². The van der Waals surface area contributed by atoms with E-state index in [1.165, 1.54) is 32.4 Å². The molecular formula is C22H31N3O2. The molecule has 2 aliphatic heterocycles. The Balaban J connectivity index is 1.46. The summed E-state index contributed by atoms with van der Waals surface area (Å²) in [6, 6.07) is 8.20. The van der Waals surface area contributed by atoms with E-state index in [4.69, 9.17) is 4.74 Å². The van der Waals surface area contributed by atoms with E-state index in [9.17, 15) is 4.79 Å². The summed E-state index contributed by atoms with van der Waals surface area (Å²) in [5, 5.41) is 1.05. The predicted molar refractivity (Wildman–Crippen MR) is 108 cm³/mol. The van der Waals surface area contributed by atoms with Gasteiger partial charge in [0.15, 0.2) is 0 Å². The third-order valence-corrected chi connectivity index (χ3v) is 6.09. The van der Waals surface area contributed by atoms with Crippen LogP contribution in [0.3, 0.4) is 0 Å². The van der Waals surface area contributed by atoms with Crippen molar-refractivity contribution in [3.05, 3.63) is 36.0 Å². The summed E-state index contributed by atoms with van der Waals surface area (Å²) >= 11 is 0. The summed E-state index contributed by atoms with van der Waals surface area (Å²) in [6.07, 6.45) is 7.18. The minimum Gasteiger partial charge on any atom is -0.383 e. The molecule has 1 amide bonds. The highest BCUT2D eigenvalue weighted by Crippen LogP contribution is 2.26. The van der Waals surface area contributed by atoms with Gasteiger partial charge in [0.05, 0.1) is 12.2 Å². The lowest BCUT2D eigenvalue weighted by atomic mass is 10.1. The first-order valence-electron chi connectivity index (χ1n) is 10.3. The van der Waals surface area contributed by atoms with Crippen LogP contribution in [0.1, 0.15) is 36.0 Å². The number of hydrogen-bond acceptors (Lipinski definition) is 3. The molecule has 0 N–H and O–H groups in total. The molecule has 0 saturated carbocycles. The average Bonchev–Trinajstić information content (AvgIpc) is 3.32. The minimum absolute atomic E-state index is 0.184. The second-order valence-corrected chi connectivity index (χ2v) is 8.01. The number of para-hydroxylation sites is 1. The van der Waals surface area contributed by atoms with E-state index >= 15 is 0 Å². The van der Waals surface area contributed by atoms with Gasteiger partial charge in [0, 0.05) is 50.4 Å². The van der Waals surface area contributed by atoms with Crippen LogP contribution in [-0.4, -0.2) is 66.7 Å². The monoisotopic (exact) mass is 369 g/mol. The van der Waals surface area contributed by atoms with Gasteiger partial charge in [-0.3, -0.25) is 4.79 Å². The SMILES string of the molecule is COCCn1cc(C(=O)N2CC[C@H](CN3CCCCC3)C2)c2ccccc21. The van der Waals surface area contributed by atoms with Gasteiger partial charge in [-0.15, -0.1) is 0 Å². The summed E-state index contributed by atoms with van der Waals surface area (Å²) < 4.78 is 7.38. The van der Waals surface area contributed by atoms with Gasteiger partial charge in [0.1, 0.15) is 0 Å². The van der Waals surface area contributed by atoms with E-state index in [1.807, 2.05) is 18.3 Å². The number of hydrogen-bond donors (Lipinski definition) is 0. The first kappa shape index (κ1) is 18.5. The van der Waals surface area contributed by atoms with Gasteiger partial charge in [-0.05, 0) is 44.3 Å². The third-order valence-electron chi connectivity index (χ3n) is 6.09. The molecule has 1 aromatic heterocycles. The van der Waals surface area contributed by atoms with Crippen molar-refractivity contribution in [3.63, 3.8) is 0 Å². The summed E-state index contributed by atoms with van der Waals surface area (Å²) in [5.74, 6) is 0.803. The number of nitrogens with zero attached hydrogens (tertiary/aromatic N) is 3. The van der Waals surface area contributed by atoms with Crippen LogP contribution in [0.25, 0.3) is 10.9 Å². The molecule has 2 aromatic rings. The molecule has 2 aliphatic rings. The van der Waals surface area contributed by atoms with Crippen LogP contribution in [-0.2, 0) is 11.3 Å². The van der Waals surface area contributed by atoms with Gasteiger partial charge in [0.25, 0.3) is 5.91 Å². The standard InChI is InChI=1S/C22H31N3O2/c1-27-14-13-24-17-20(19-7-3-4-8-21(19)24)22(26)25-12-9-18(16-25)15-23-10-5-2-6-11-23/h3-4,7-8,17-18H,2,5-6,9-16H2,1H3/t18-/m1/s1. The van der Waals surface area contributed by atoms with Crippen molar-refractivity contribution >= 4 is 16.8 Å². The number of rotatable bonds is 6. The first-order chi connectivity index (χ1) is 13.3. The Labute approximate surface area is 161 Å².